The molecule has 2 heterocycles. The van der Waals surface area contributed by atoms with E-state index in [1.54, 1.807) is 17.9 Å². The first-order valence-corrected chi connectivity index (χ1v) is 4.14. The predicted octanol–water partition coefficient (Wildman–Crippen LogP) is 0.576. The molecule has 1 unspecified atom stereocenters. The van der Waals surface area contributed by atoms with Gasteiger partial charge in [-0.3, -0.25) is 4.68 Å². The monoisotopic (exact) mass is 169 g/mol. The summed E-state index contributed by atoms with van der Waals surface area (Å²) in [7, 11) is 1.79. The molecule has 1 aliphatic heterocycles. The molecule has 0 saturated carbocycles. The Balaban J connectivity index is 2.42. The van der Waals surface area contributed by atoms with Crippen molar-refractivity contribution < 1.29 is 4.39 Å². The van der Waals surface area contributed by atoms with Crippen LogP contribution in [0.1, 0.15) is 17.4 Å². The molecule has 0 aromatic carbocycles. The largest absolute Gasteiger partial charge is 0.313 e. The van der Waals surface area contributed by atoms with Crippen molar-refractivity contribution in [2.75, 3.05) is 13.1 Å². The Kier molecular flexibility index (Phi) is 1.84. The van der Waals surface area contributed by atoms with Gasteiger partial charge in [0.15, 0.2) is 6.17 Å². The van der Waals surface area contributed by atoms with E-state index in [9.17, 15) is 4.39 Å². The molecule has 3 nitrogen and oxygen atoms in total. The van der Waals surface area contributed by atoms with Gasteiger partial charge in [-0.05, 0) is 18.5 Å². The standard InChI is InChI=1S/C8H12FN3/c1-12-8-6(4-11-12)2-3-10-5-7(8)9/h4,7,10H,2-3,5H2,1H3. The zero-order chi connectivity index (χ0) is 8.55. The number of nitrogens with one attached hydrogen (secondary N) is 1. The fourth-order valence-corrected chi connectivity index (χ4v) is 1.64. The molecule has 2 rings (SSSR count). The van der Waals surface area contributed by atoms with Gasteiger partial charge in [-0.2, -0.15) is 5.10 Å². The van der Waals surface area contributed by atoms with Crippen LogP contribution in [0.2, 0.25) is 0 Å². The third-order valence-electron chi connectivity index (χ3n) is 2.26. The SMILES string of the molecule is Cn1ncc2c1C(F)CNCC2. The Hall–Kier alpha value is -0.900. The molecule has 4 heteroatoms. The Morgan fingerprint density at radius 1 is 1.75 bits per heavy atom. The lowest BCUT2D eigenvalue weighted by Crippen LogP contribution is -2.19. The van der Waals surface area contributed by atoms with E-state index >= 15 is 0 Å². The number of hydrogen-bond acceptors (Lipinski definition) is 2. The van der Waals surface area contributed by atoms with Gasteiger partial charge in [0, 0.05) is 13.6 Å². The number of fused-ring (bicyclic) bond motifs is 1. The molecule has 0 spiro atoms. The molecule has 1 N–H and O–H groups in total. The number of nitrogens with zero attached hydrogens (tertiary/aromatic N) is 2. The van der Waals surface area contributed by atoms with Crippen LogP contribution in [0.15, 0.2) is 6.20 Å². The van der Waals surface area contributed by atoms with Crippen molar-refractivity contribution in [3.05, 3.63) is 17.5 Å². The maximum Gasteiger partial charge on any atom is 0.154 e. The third-order valence-corrected chi connectivity index (χ3v) is 2.26. The summed E-state index contributed by atoms with van der Waals surface area (Å²) in [5.41, 5.74) is 1.77. The van der Waals surface area contributed by atoms with Crippen LogP contribution >= 0.6 is 0 Å². The van der Waals surface area contributed by atoms with E-state index < -0.39 is 6.17 Å². The summed E-state index contributed by atoms with van der Waals surface area (Å²) < 4.78 is 15.0. The van der Waals surface area contributed by atoms with Gasteiger partial charge in [0.1, 0.15) is 0 Å². The highest BCUT2D eigenvalue weighted by atomic mass is 19.1. The number of rotatable bonds is 0. The predicted molar refractivity (Wildman–Crippen MR) is 43.6 cm³/mol. The first-order chi connectivity index (χ1) is 5.79. The highest BCUT2D eigenvalue weighted by Gasteiger charge is 2.20. The normalized spacial score (nSPS) is 23.3. The maximum atomic E-state index is 13.4. The first-order valence-electron chi connectivity index (χ1n) is 4.14. The fraction of sp³-hybridized carbons (Fsp3) is 0.625. The summed E-state index contributed by atoms with van der Waals surface area (Å²) >= 11 is 0. The van der Waals surface area contributed by atoms with Gasteiger partial charge in [0.05, 0.1) is 11.9 Å². The van der Waals surface area contributed by atoms with Crippen LogP contribution in [0.5, 0.6) is 0 Å². The zero-order valence-electron chi connectivity index (χ0n) is 7.05. The number of hydrogen-bond donors (Lipinski definition) is 1. The highest BCUT2D eigenvalue weighted by molar-refractivity contribution is 5.22. The molecular weight excluding hydrogens is 157 g/mol. The lowest BCUT2D eigenvalue weighted by atomic mass is 10.1. The van der Waals surface area contributed by atoms with Gasteiger partial charge in [-0.15, -0.1) is 0 Å². The van der Waals surface area contributed by atoms with Crippen molar-refractivity contribution in [3.8, 4) is 0 Å². The molecule has 1 aliphatic rings. The van der Waals surface area contributed by atoms with Gasteiger partial charge >= 0.3 is 0 Å². The van der Waals surface area contributed by atoms with Gasteiger partial charge in [-0.1, -0.05) is 0 Å². The summed E-state index contributed by atoms with van der Waals surface area (Å²) in [5.74, 6) is 0. The van der Waals surface area contributed by atoms with Crippen LogP contribution in [0.4, 0.5) is 4.39 Å². The smallest absolute Gasteiger partial charge is 0.154 e. The van der Waals surface area contributed by atoms with Crippen molar-refractivity contribution >= 4 is 0 Å². The van der Waals surface area contributed by atoms with Gasteiger partial charge in [0.25, 0.3) is 0 Å². The molecular formula is C8H12FN3. The summed E-state index contributed by atoms with van der Waals surface area (Å²) in [6.07, 6.45) is 1.73. The number of aryl methyl sites for hydroxylation is 1. The van der Waals surface area contributed by atoms with Crippen LogP contribution in [0, 0.1) is 0 Å². The summed E-state index contributed by atoms with van der Waals surface area (Å²) in [4.78, 5) is 0. The maximum absolute atomic E-state index is 13.4. The van der Waals surface area contributed by atoms with Crippen LogP contribution < -0.4 is 5.32 Å². The Labute approximate surface area is 70.6 Å². The van der Waals surface area contributed by atoms with Crippen LogP contribution in [0.25, 0.3) is 0 Å². The van der Waals surface area contributed by atoms with Gasteiger partial charge in [-0.25, -0.2) is 4.39 Å². The molecule has 1 atom stereocenters. The molecule has 0 aliphatic carbocycles. The minimum atomic E-state index is -0.907. The molecule has 12 heavy (non-hydrogen) atoms. The number of aromatic nitrogens is 2. The van der Waals surface area contributed by atoms with Crippen molar-refractivity contribution in [1.29, 1.82) is 0 Å². The van der Waals surface area contributed by atoms with E-state index in [4.69, 9.17) is 0 Å². The molecule has 0 fully saturated rings. The number of halogens is 1. The summed E-state index contributed by atoms with van der Waals surface area (Å²) in [5, 5.41) is 7.08. The second kappa shape index (κ2) is 2.86. The van der Waals surface area contributed by atoms with E-state index in [1.165, 1.54) is 0 Å². The van der Waals surface area contributed by atoms with Crippen molar-refractivity contribution in [1.82, 2.24) is 15.1 Å². The van der Waals surface area contributed by atoms with Crippen LogP contribution in [-0.4, -0.2) is 22.9 Å². The average molecular weight is 169 g/mol. The van der Waals surface area contributed by atoms with E-state index in [1.807, 2.05) is 0 Å². The Morgan fingerprint density at radius 3 is 3.42 bits per heavy atom. The molecule has 0 bridgehead atoms. The van der Waals surface area contributed by atoms with E-state index in [2.05, 4.69) is 10.4 Å². The topological polar surface area (TPSA) is 29.9 Å². The second-order valence-electron chi connectivity index (χ2n) is 3.10. The zero-order valence-corrected chi connectivity index (χ0v) is 7.05. The molecule has 1 aromatic heterocycles. The van der Waals surface area contributed by atoms with Crippen molar-refractivity contribution in [3.63, 3.8) is 0 Å². The molecule has 1 aromatic rings. The molecule has 66 valence electrons. The quantitative estimate of drug-likeness (QED) is 0.615. The van der Waals surface area contributed by atoms with E-state index in [0.29, 0.717) is 6.54 Å². The number of alkyl halides is 1. The first kappa shape index (κ1) is 7.73. The van der Waals surface area contributed by atoms with E-state index in [0.717, 1.165) is 24.2 Å². The lowest BCUT2D eigenvalue weighted by molar-refractivity contribution is 0.318. The molecule has 0 saturated heterocycles. The van der Waals surface area contributed by atoms with Crippen molar-refractivity contribution in [2.45, 2.75) is 12.6 Å². The highest BCUT2D eigenvalue weighted by Crippen LogP contribution is 2.22. The van der Waals surface area contributed by atoms with Crippen LogP contribution in [0.3, 0.4) is 0 Å². The summed E-state index contributed by atoms with van der Waals surface area (Å²) in [6, 6.07) is 0. The minimum Gasteiger partial charge on any atom is -0.313 e. The lowest BCUT2D eigenvalue weighted by Gasteiger charge is -2.06. The second-order valence-corrected chi connectivity index (χ2v) is 3.10. The Morgan fingerprint density at radius 2 is 2.58 bits per heavy atom. The van der Waals surface area contributed by atoms with Gasteiger partial charge in [0.2, 0.25) is 0 Å². The molecule has 0 amide bonds. The molecule has 0 radical (unpaired) electrons. The van der Waals surface area contributed by atoms with E-state index in [-0.39, 0.29) is 0 Å². The van der Waals surface area contributed by atoms with Crippen molar-refractivity contribution in [2.24, 2.45) is 7.05 Å². The van der Waals surface area contributed by atoms with Crippen LogP contribution in [-0.2, 0) is 13.5 Å². The minimum absolute atomic E-state index is 0.409. The fourth-order valence-electron chi connectivity index (χ4n) is 1.64. The average Bonchev–Trinajstić information content (AvgIpc) is 2.29. The third kappa shape index (κ3) is 1.12. The summed E-state index contributed by atoms with van der Waals surface area (Å²) in [6.45, 7) is 1.26. The Bertz CT molecular complexity index is 282. The van der Waals surface area contributed by atoms with Gasteiger partial charge < -0.3 is 5.32 Å².